The van der Waals surface area contributed by atoms with Gasteiger partial charge in [0.05, 0.1) is 29.5 Å². The number of anilines is 1. The van der Waals surface area contributed by atoms with Crippen molar-refractivity contribution in [3.8, 4) is 17.1 Å². The zero-order chi connectivity index (χ0) is 34.1. The van der Waals surface area contributed by atoms with Gasteiger partial charge in [0.1, 0.15) is 5.75 Å². The number of methoxy groups -OCH3 is 1. The Balaban J connectivity index is 1.66. The molecular formula is C38H56N6O3S. The standard InChI is InChI=1S/C38H56N6O3S/c1-5-8-11-13-15-17-24-43(25-18-16-14-12-9-6-2)34-22-20-30(48-34)27-32-35(38(46)39-23-10-7-3)42-44-36(40-41-37(32)44)31-26-29(28-45)19-21-33(31)47-4/h19-22,26-27,45H,5-18,23-25,28H2,1-4H3,(H,39,46)/b32-27-. The highest BCUT2D eigenvalue weighted by atomic mass is 32.1. The fourth-order valence-corrected chi connectivity index (χ4v) is 6.99. The van der Waals surface area contributed by atoms with Gasteiger partial charge < -0.3 is 20.1 Å². The lowest BCUT2D eigenvalue weighted by Gasteiger charge is -2.23. The smallest absolute Gasteiger partial charge is 0.272 e. The van der Waals surface area contributed by atoms with Crippen LogP contribution < -0.4 is 20.2 Å². The Bertz CT molecular complexity index is 1580. The number of amides is 1. The minimum atomic E-state index is -0.230. The third-order valence-corrected chi connectivity index (χ3v) is 9.92. The van der Waals surface area contributed by atoms with E-state index in [0.29, 0.717) is 40.2 Å². The van der Waals surface area contributed by atoms with Gasteiger partial charge in [-0.2, -0.15) is 9.61 Å². The van der Waals surface area contributed by atoms with Gasteiger partial charge in [0.25, 0.3) is 5.91 Å². The minimum Gasteiger partial charge on any atom is -0.496 e. The SMILES string of the molecule is CCCCCCCCN(CCCCCCCC)c1ccc(/C=c2/c(C(=O)NCCCC)nn3c(-c4cc(CO)ccc4OC)nnc23)s1. The number of thiophene rings is 1. The second kappa shape index (κ2) is 20.1. The van der Waals surface area contributed by atoms with Crippen LogP contribution >= 0.6 is 11.3 Å². The molecule has 2 N–H and O–H groups in total. The molecule has 0 aliphatic rings. The van der Waals surface area contributed by atoms with E-state index < -0.39 is 0 Å². The number of hydrogen-bond donors (Lipinski definition) is 2. The molecule has 0 aliphatic heterocycles. The highest BCUT2D eigenvalue weighted by molar-refractivity contribution is 7.16. The number of aromatic nitrogens is 4. The molecular weight excluding hydrogens is 621 g/mol. The topological polar surface area (TPSA) is 105 Å². The molecule has 3 aromatic heterocycles. The zero-order valence-electron chi connectivity index (χ0n) is 29.6. The van der Waals surface area contributed by atoms with Crippen LogP contribution in [0.4, 0.5) is 5.00 Å². The summed E-state index contributed by atoms with van der Waals surface area (Å²) in [7, 11) is 1.59. The fourth-order valence-electron chi connectivity index (χ4n) is 5.99. The number of fused-ring (bicyclic) bond motifs is 1. The zero-order valence-corrected chi connectivity index (χ0v) is 30.4. The summed E-state index contributed by atoms with van der Waals surface area (Å²) in [4.78, 5) is 17.1. The number of nitrogens with zero attached hydrogens (tertiary/aromatic N) is 5. The second-order valence-corrected chi connectivity index (χ2v) is 13.8. The summed E-state index contributed by atoms with van der Waals surface area (Å²) in [5, 5.41) is 28.5. The summed E-state index contributed by atoms with van der Waals surface area (Å²) >= 11 is 1.75. The van der Waals surface area contributed by atoms with E-state index in [4.69, 9.17) is 9.84 Å². The maximum Gasteiger partial charge on any atom is 0.272 e. The Kier molecular flexibility index (Phi) is 15.6. The maximum absolute atomic E-state index is 13.5. The summed E-state index contributed by atoms with van der Waals surface area (Å²) in [5.41, 5.74) is 2.20. The van der Waals surface area contributed by atoms with Crippen LogP contribution in [0.15, 0.2) is 30.3 Å². The van der Waals surface area contributed by atoms with Gasteiger partial charge >= 0.3 is 0 Å². The van der Waals surface area contributed by atoms with Crippen molar-refractivity contribution in [2.45, 2.75) is 117 Å². The third kappa shape index (κ3) is 10.3. The summed E-state index contributed by atoms with van der Waals surface area (Å²) < 4.78 is 7.23. The lowest BCUT2D eigenvalue weighted by molar-refractivity contribution is 0.0947. The number of benzene rings is 1. The van der Waals surface area contributed by atoms with Crippen LogP contribution in [0.5, 0.6) is 5.75 Å². The molecule has 262 valence electrons. The number of aliphatic hydroxyl groups excluding tert-OH is 1. The van der Waals surface area contributed by atoms with Crippen LogP contribution in [0.1, 0.15) is 132 Å². The molecule has 3 heterocycles. The molecule has 10 heteroatoms. The summed E-state index contributed by atoms with van der Waals surface area (Å²) in [6, 6.07) is 9.79. The van der Waals surface area contributed by atoms with E-state index >= 15 is 0 Å². The minimum absolute atomic E-state index is 0.118. The van der Waals surface area contributed by atoms with Gasteiger partial charge in [-0.15, -0.1) is 21.5 Å². The second-order valence-electron chi connectivity index (χ2n) is 12.7. The fraction of sp³-hybridized carbons (Fsp3) is 0.579. The van der Waals surface area contributed by atoms with Gasteiger partial charge in [0.2, 0.25) is 0 Å². The molecule has 0 saturated carbocycles. The van der Waals surface area contributed by atoms with E-state index in [-0.39, 0.29) is 12.5 Å². The Morgan fingerprint density at radius 2 is 1.56 bits per heavy atom. The average molecular weight is 677 g/mol. The number of nitrogens with one attached hydrogen (secondary N) is 1. The van der Waals surface area contributed by atoms with Crippen molar-refractivity contribution in [1.29, 1.82) is 0 Å². The first-order chi connectivity index (χ1) is 23.5. The van der Waals surface area contributed by atoms with Gasteiger partial charge in [-0.05, 0) is 55.2 Å². The first-order valence-electron chi connectivity index (χ1n) is 18.2. The maximum atomic E-state index is 13.5. The van der Waals surface area contributed by atoms with Crippen LogP contribution in [0, 0.1) is 0 Å². The summed E-state index contributed by atoms with van der Waals surface area (Å²) in [5.74, 6) is 0.810. The van der Waals surface area contributed by atoms with Crippen molar-refractivity contribution in [2.24, 2.45) is 0 Å². The molecule has 0 spiro atoms. The molecule has 4 aromatic rings. The largest absolute Gasteiger partial charge is 0.496 e. The molecule has 9 nitrogen and oxygen atoms in total. The van der Waals surface area contributed by atoms with E-state index in [2.05, 4.69) is 53.3 Å². The summed E-state index contributed by atoms with van der Waals surface area (Å²) in [6.07, 6.45) is 19.3. The van der Waals surface area contributed by atoms with Crippen molar-refractivity contribution in [3.05, 3.63) is 51.7 Å². The van der Waals surface area contributed by atoms with Crippen LogP contribution in [0.3, 0.4) is 0 Å². The highest BCUT2D eigenvalue weighted by Crippen LogP contribution is 2.31. The van der Waals surface area contributed by atoms with Crippen molar-refractivity contribution >= 4 is 34.0 Å². The van der Waals surface area contributed by atoms with Crippen molar-refractivity contribution in [3.63, 3.8) is 0 Å². The van der Waals surface area contributed by atoms with Crippen LogP contribution in [-0.4, -0.2) is 57.6 Å². The monoisotopic (exact) mass is 676 g/mol. The predicted octanol–water partition coefficient (Wildman–Crippen LogP) is 7.96. The van der Waals surface area contributed by atoms with Gasteiger partial charge in [0.15, 0.2) is 17.2 Å². The van der Waals surface area contributed by atoms with E-state index in [9.17, 15) is 9.90 Å². The Morgan fingerprint density at radius 3 is 2.21 bits per heavy atom. The Morgan fingerprint density at radius 1 is 0.896 bits per heavy atom. The van der Waals surface area contributed by atoms with E-state index in [1.165, 1.54) is 82.1 Å². The van der Waals surface area contributed by atoms with Gasteiger partial charge in [-0.3, -0.25) is 4.79 Å². The summed E-state index contributed by atoms with van der Waals surface area (Å²) in [6.45, 7) is 9.23. The Hall–Kier alpha value is -3.50. The number of ether oxygens (including phenoxy) is 1. The highest BCUT2D eigenvalue weighted by Gasteiger charge is 2.22. The van der Waals surface area contributed by atoms with E-state index in [1.807, 2.05) is 12.1 Å². The first-order valence-corrected chi connectivity index (χ1v) is 19.0. The van der Waals surface area contributed by atoms with Crippen molar-refractivity contribution < 1.29 is 14.6 Å². The molecule has 0 unspecified atom stereocenters. The third-order valence-electron chi connectivity index (χ3n) is 8.83. The van der Waals surface area contributed by atoms with Gasteiger partial charge in [-0.25, -0.2) is 0 Å². The molecule has 0 aliphatic carbocycles. The number of aliphatic hydroxyl groups is 1. The molecule has 0 fully saturated rings. The molecule has 1 amide bonds. The predicted molar refractivity (Wildman–Crippen MR) is 198 cm³/mol. The first kappa shape index (κ1) is 37.3. The molecule has 0 atom stereocenters. The number of carbonyl (C=O) groups is 1. The Labute approximate surface area is 290 Å². The number of rotatable bonds is 23. The number of unbranched alkanes of at least 4 members (excludes halogenated alkanes) is 11. The lowest BCUT2D eigenvalue weighted by Crippen LogP contribution is -2.29. The van der Waals surface area contributed by atoms with E-state index in [0.717, 1.165) is 36.4 Å². The molecule has 0 bridgehead atoms. The molecule has 4 rings (SSSR count). The van der Waals surface area contributed by atoms with Gasteiger partial charge in [-0.1, -0.05) is 97.5 Å². The molecule has 0 saturated heterocycles. The van der Waals surface area contributed by atoms with Gasteiger partial charge in [0, 0.05) is 24.5 Å². The van der Waals surface area contributed by atoms with Crippen LogP contribution in [0.25, 0.3) is 23.1 Å². The lowest BCUT2D eigenvalue weighted by atomic mass is 10.1. The van der Waals surface area contributed by atoms with Crippen molar-refractivity contribution in [2.75, 3.05) is 31.6 Å². The quantitative estimate of drug-likeness (QED) is 0.0769. The molecule has 1 aromatic carbocycles. The van der Waals surface area contributed by atoms with Crippen LogP contribution in [-0.2, 0) is 6.61 Å². The van der Waals surface area contributed by atoms with E-state index in [1.54, 1.807) is 35.1 Å². The average Bonchev–Trinajstić information content (AvgIpc) is 3.83. The normalized spacial score (nSPS) is 11.9. The molecule has 0 radical (unpaired) electrons. The number of carbonyl (C=O) groups excluding carboxylic acids is 1. The van der Waals surface area contributed by atoms with Crippen molar-refractivity contribution in [1.82, 2.24) is 25.1 Å². The number of hydrogen-bond acceptors (Lipinski definition) is 8. The molecule has 48 heavy (non-hydrogen) atoms. The van der Waals surface area contributed by atoms with Crippen LogP contribution in [0.2, 0.25) is 0 Å².